The summed E-state index contributed by atoms with van der Waals surface area (Å²) in [6.45, 7) is 2.95. The third-order valence-electron chi connectivity index (χ3n) is 6.50. The molecule has 6 rings (SSSR count). The number of rotatable bonds is 6. The van der Waals surface area contributed by atoms with E-state index in [1.807, 2.05) is 22.9 Å². The van der Waals surface area contributed by atoms with Crippen molar-refractivity contribution in [3.8, 4) is 0 Å². The van der Waals surface area contributed by atoms with Crippen molar-refractivity contribution < 1.29 is 4.79 Å². The third kappa shape index (κ3) is 3.66. The molecule has 8 nitrogen and oxygen atoms in total. The highest BCUT2D eigenvalue weighted by molar-refractivity contribution is 6.30. The summed E-state index contributed by atoms with van der Waals surface area (Å²) in [5.74, 6) is -0.143. The van der Waals surface area contributed by atoms with Crippen LogP contribution in [0.4, 0.5) is 0 Å². The molecular formula is C24H22ClN7O. The molecule has 0 aliphatic heterocycles. The van der Waals surface area contributed by atoms with Gasteiger partial charge in [0.25, 0.3) is 5.91 Å². The number of hydrogen-bond donors (Lipinski definition) is 1. The van der Waals surface area contributed by atoms with Gasteiger partial charge in [0.2, 0.25) is 0 Å². The number of imidazole rings is 2. The van der Waals surface area contributed by atoms with Crippen LogP contribution in [0.1, 0.15) is 47.1 Å². The number of halogens is 1. The van der Waals surface area contributed by atoms with Crippen molar-refractivity contribution in [2.24, 2.45) is 0 Å². The van der Waals surface area contributed by atoms with E-state index in [2.05, 4.69) is 44.8 Å². The first-order chi connectivity index (χ1) is 16.0. The van der Waals surface area contributed by atoms with E-state index in [9.17, 15) is 4.79 Å². The van der Waals surface area contributed by atoms with E-state index in [1.54, 1.807) is 23.5 Å². The first-order valence-corrected chi connectivity index (χ1v) is 11.2. The first-order valence-electron chi connectivity index (χ1n) is 10.9. The Labute approximate surface area is 194 Å². The summed E-state index contributed by atoms with van der Waals surface area (Å²) >= 11 is 6.21. The number of aromatic amines is 1. The van der Waals surface area contributed by atoms with Gasteiger partial charge in [-0.1, -0.05) is 24.6 Å². The standard InChI is InChI=1S/C24H22ClN7O/c1-24(5-6-24)17-2-3-22-29-19(12-31(22)11-17)13-32(23(33)16-9-27-28-10-16)14-20-21-8-18(25)4-7-30(21)15-26-20/h2-4,7-12,15H,5-6,13-14H2,1H3,(H,27,28). The molecule has 0 spiro atoms. The average molecular weight is 460 g/mol. The maximum Gasteiger partial charge on any atom is 0.257 e. The Bertz CT molecular complexity index is 1480. The Morgan fingerprint density at radius 3 is 2.88 bits per heavy atom. The van der Waals surface area contributed by atoms with Crippen molar-refractivity contribution in [3.05, 3.63) is 89.1 Å². The van der Waals surface area contributed by atoms with E-state index < -0.39 is 0 Å². The molecule has 0 radical (unpaired) electrons. The highest BCUT2D eigenvalue weighted by Crippen LogP contribution is 2.47. The van der Waals surface area contributed by atoms with Crippen LogP contribution in [-0.2, 0) is 18.5 Å². The number of pyridine rings is 2. The van der Waals surface area contributed by atoms with Crippen LogP contribution in [0.25, 0.3) is 11.2 Å². The predicted octanol–water partition coefficient (Wildman–Crippen LogP) is 4.25. The summed E-state index contributed by atoms with van der Waals surface area (Å²) in [7, 11) is 0. The molecule has 5 aromatic rings. The average Bonchev–Trinajstić information content (AvgIpc) is 3.22. The quantitative estimate of drug-likeness (QED) is 0.411. The molecule has 0 saturated heterocycles. The Hall–Kier alpha value is -3.65. The minimum Gasteiger partial charge on any atom is -0.327 e. The number of carbonyl (C=O) groups is 1. The van der Waals surface area contributed by atoms with Crippen LogP contribution < -0.4 is 0 Å². The second-order valence-electron chi connectivity index (χ2n) is 8.95. The van der Waals surface area contributed by atoms with Crippen molar-refractivity contribution >= 4 is 28.7 Å². The minimum atomic E-state index is -0.143. The zero-order chi connectivity index (χ0) is 22.6. The summed E-state index contributed by atoms with van der Waals surface area (Å²) in [5, 5.41) is 7.28. The van der Waals surface area contributed by atoms with Crippen LogP contribution in [0.2, 0.25) is 5.02 Å². The zero-order valence-corrected chi connectivity index (χ0v) is 18.8. The molecule has 0 aromatic carbocycles. The number of aromatic nitrogens is 6. The van der Waals surface area contributed by atoms with Crippen molar-refractivity contribution in [2.45, 2.75) is 38.3 Å². The van der Waals surface area contributed by atoms with Crippen LogP contribution >= 0.6 is 11.6 Å². The molecule has 0 unspecified atom stereocenters. The third-order valence-corrected chi connectivity index (χ3v) is 6.74. The van der Waals surface area contributed by atoms with E-state index in [0.717, 1.165) is 22.6 Å². The number of fused-ring (bicyclic) bond motifs is 2. The summed E-state index contributed by atoms with van der Waals surface area (Å²) < 4.78 is 3.95. The van der Waals surface area contributed by atoms with Gasteiger partial charge >= 0.3 is 0 Å². The number of nitrogens with zero attached hydrogens (tertiary/aromatic N) is 6. The van der Waals surface area contributed by atoms with Crippen LogP contribution in [-0.4, -0.2) is 39.8 Å². The molecular weight excluding hydrogens is 438 g/mol. The van der Waals surface area contributed by atoms with Gasteiger partial charge < -0.3 is 13.7 Å². The number of nitrogens with one attached hydrogen (secondary N) is 1. The second kappa shape index (κ2) is 7.45. The normalized spacial score (nSPS) is 14.7. The molecule has 0 bridgehead atoms. The monoisotopic (exact) mass is 459 g/mol. The summed E-state index contributed by atoms with van der Waals surface area (Å²) in [4.78, 5) is 24.4. The lowest BCUT2D eigenvalue weighted by Gasteiger charge is -2.20. The van der Waals surface area contributed by atoms with Crippen molar-refractivity contribution in [2.75, 3.05) is 0 Å². The lowest BCUT2D eigenvalue weighted by molar-refractivity contribution is 0.0727. The molecule has 1 saturated carbocycles. The van der Waals surface area contributed by atoms with Gasteiger partial charge in [-0.2, -0.15) is 5.10 Å². The van der Waals surface area contributed by atoms with E-state index in [1.165, 1.54) is 24.6 Å². The molecule has 1 fully saturated rings. The molecule has 1 aliphatic rings. The number of H-pyrrole nitrogens is 1. The molecule has 5 heterocycles. The fourth-order valence-electron chi connectivity index (χ4n) is 4.22. The fraction of sp³-hybridized carbons (Fsp3) is 0.250. The smallest absolute Gasteiger partial charge is 0.257 e. The van der Waals surface area contributed by atoms with Gasteiger partial charge in [-0.05, 0) is 42.0 Å². The number of carbonyl (C=O) groups excluding carboxylic acids is 1. The van der Waals surface area contributed by atoms with Gasteiger partial charge in [0.15, 0.2) is 0 Å². The van der Waals surface area contributed by atoms with Crippen LogP contribution in [0.5, 0.6) is 0 Å². The van der Waals surface area contributed by atoms with Crippen LogP contribution in [0, 0.1) is 0 Å². The summed E-state index contributed by atoms with van der Waals surface area (Å²) in [6.07, 6.45) is 13.3. The lowest BCUT2D eigenvalue weighted by Crippen LogP contribution is -2.30. The highest BCUT2D eigenvalue weighted by atomic mass is 35.5. The lowest BCUT2D eigenvalue weighted by atomic mass is 10.0. The van der Waals surface area contributed by atoms with Gasteiger partial charge in [-0.15, -0.1) is 0 Å². The van der Waals surface area contributed by atoms with Crippen LogP contribution in [0.3, 0.4) is 0 Å². The van der Waals surface area contributed by atoms with Gasteiger partial charge in [-0.25, -0.2) is 9.97 Å². The van der Waals surface area contributed by atoms with Crippen molar-refractivity contribution in [1.29, 1.82) is 0 Å². The van der Waals surface area contributed by atoms with Gasteiger partial charge in [0.1, 0.15) is 5.65 Å². The Balaban J connectivity index is 1.34. The van der Waals surface area contributed by atoms with Crippen molar-refractivity contribution in [3.63, 3.8) is 0 Å². The Morgan fingerprint density at radius 2 is 2.09 bits per heavy atom. The maximum atomic E-state index is 13.3. The molecule has 0 atom stereocenters. The SMILES string of the molecule is CC1(c2ccc3nc(CN(Cc4ncn5ccc(Cl)cc45)C(=O)c4cn[nH]c4)cn3c2)CC1. The number of amides is 1. The van der Waals surface area contributed by atoms with Crippen LogP contribution in [0.15, 0.2) is 61.6 Å². The first kappa shape index (κ1) is 20.0. The Morgan fingerprint density at radius 1 is 1.21 bits per heavy atom. The topological polar surface area (TPSA) is 83.6 Å². The highest BCUT2D eigenvalue weighted by Gasteiger charge is 2.39. The van der Waals surface area contributed by atoms with E-state index in [4.69, 9.17) is 16.6 Å². The largest absolute Gasteiger partial charge is 0.327 e. The molecule has 166 valence electrons. The minimum absolute atomic E-state index is 0.143. The van der Waals surface area contributed by atoms with Gasteiger partial charge in [-0.3, -0.25) is 9.89 Å². The van der Waals surface area contributed by atoms with E-state index in [-0.39, 0.29) is 11.3 Å². The molecule has 1 aliphatic carbocycles. The van der Waals surface area contributed by atoms with Gasteiger partial charge in [0, 0.05) is 29.8 Å². The van der Waals surface area contributed by atoms with Crippen molar-refractivity contribution in [1.82, 2.24) is 33.9 Å². The summed E-state index contributed by atoms with van der Waals surface area (Å²) in [5.41, 5.74) is 5.41. The van der Waals surface area contributed by atoms with E-state index in [0.29, 0.717) is 23.7 Å². The number of hydrogen-bond acceptors (Lipinski definition) is 4. The maximum absolute atomic E-state index is 13.3. The molecule has 5 aromatic heterocycles. The van der Waals surface area contributed by atoms with Gasteiger partial charge in [0.05, 0.1) is 48.1 Å². The zero-order valence-electron chi connectivity index (χ0n) is 18.1. The Kier molecular flexibility index (Phi) is 4.51. The predicted molar refractivity (Wildman–Crippen MR) is 124 cm³/mol. The molecule has 9 heteroatoms. The fourth-order valence-corrected chi connectivity index (χ4v) is 4.38. The van der Waals surface area contributed by atoms with E-state index >= 15 is 0 Å². The second-order valence-corrected chi connectivity index (χ2v) is 9.39. The molecule has 1 N–H and O–H groups in total. The summed E-state index contributed by atoms with van der Waals surface area (Å²) in [6, 6.07) is 7.88. The molecule has 33 heavy (non-hydrogen) atoms. The molecule has 1 amide bonds.